The molecule has 15 nitrogen and oxygen atoms in total. The zero-order valence-electron chi connectivity index (χ0n) is 35.0. The Kier molecular flexibility index (Phi) is 28.6. The van der Waals surface area contributed by atoms with Crippen molar-refractivity contribution in [1.29, 1.82) is 0 Å². The lowest BCUT2D eigenvalue weighted by molar-refractivity contribution is -0.332. The fraction of sp³-hybridized carbons (Fsp3) is 0.860. The molecular weight excluding hydrogens is 756 g/mol. The van der Waals surface area contributed by atoms with E-state index < -0.39 is 92.7 Å². The minimum Gasteiger partial charge on any atom is -0.462 e. The highest BCUT2D eigenvalue weighted by atomic mass is 16.7. The first-order chi connectivity index (χ1) is 28.0. The van der Waals surface area contributed by atoms with Gasteiger partial charge in [0, 0.05) is 12.8 Å². The van der Waals surface area contributed by atoms with E-state index in [1.165, 1.54) is 44.9 Å². The van der Waals surface area contributed by atoms with Crippen LogP contribution in [0.1, 0.15) is 142 Å². The molecule has 0 amide bonds. The Morgan fingerprint density at radius 2 is 1.03 bits per heavy atom. The van der Waals surface area contributed by atoms with Crippen molar-refractivity contribution in [3.8, 4) is 0 Å². The minimum atomic E-state index is -1.76. The molecule has 0 aromatic heterocycles. The zero-order valence-corrected chi connectivity index (χ0v) is 35.0. The van der Waals surface area contributed by atoms with E-state index in [-0.39, 0.29) is 26.1 Å². The molecule has 0 aliphatic carbocycles. The Hall–Kier alpha value is -2.02. The molecule has 0 radical (unpaired) electrons. The Labute approximate surface area is 345 Å². The van der Waals surface area contributed by atoms with Crippen molar-refractivity contribution in [1.82, 2.24) is 0 Å². The van der Waals surface area contributed by atoms with Crippen molar-refractivity contribution in [2.24, 2.45) is 0 Å². The van der Waals surface area contributed by atoms with Crippen LogP contribution < -0.4 is 0 Å². The van der Waals surface area contributed by atoms with Gasteiger partial charge >= 0.3 is 11.9 Å². The van der Waals surface area contributed by atoms with E-state index >= 15 is 0 Å². The molecule has 11 atom stereocenters. The summed E-state index contributed by atoms with van der Waals surface area (Å²) in [6, 6.07) is 0. The van der Waals surface area contributed by atoms with E-state index in [4.69, 9.17) is 28.4 Å². The van der Waals surface area contributed by atoms with E-state index in [9.17, 15) is 45.3 Å². The van der Waals surface area contributed by atoms with Gasteiger partial charge in [0.2, 0.25) is 0 Å². The molecule has 2 aliphatic rings. The van der Waals surface area contributed by atoms with Crippen molar-refractivity contribution in [3.63, 3.8) is 0 Å². The summed E-state index contributed by atoms with van der Waals surface area (Å²) < 4.78 is 33.3. The normalized spacial score (nSPS) is 28.3. The maximum Gasteiger partial charge on any atom is 0.306 e. The van der Waals surface area contributed by atoms with Crippen LogP contribution in [0.25, 0.3) is 0 Å². The van der Waals surface area contributed by atoms with Crippen molar-refractivity contribution in [2.75, 3.05) is 26.4 Å². The molecule has 0 aromatic carbocycles. The van der Waals surface area contributed by atoms with Crippen LogP contribution in [0.15, 0.2) is 24.3 Å². The SMILES string of the molecule is CCCCCCCC/C=C/C/C=C/CCCCC(=O)OC[C@H](CO[C@@H]1O[C@H](CO[C@@H]2O[C@H](CO)[C@H](O)C(O)C2O)[C@H](O)C(O)C1O)OC(=O)CCCCCCCCC. The maximum absolute atomic E-state index is 12.8. The van der Waals surface area contributed by atoms with Crippen LogP contribution in [-0.2, 0) is 38.0 Å². The molecule has 0 spiro atoms. The average Bonchev–Trinajstić information content (AvgIpc) is 3.21. The lowest BCUT2D eigenvalue weighted by Gasteiger charge is -2.42. The van der Waals surface area contributed by atoms with E-state index in [0.29, 0.717) is 12.8 Å². The number of ether oxygens (including phenoxy) is 6. The highest BCUT2D eigenvalue weighted by Gasteiger charge is 2.47. The summed E-state index contributed by atoms with van der Waals surface area (Å²) in [5, 5.41) is 71.6. The minimum absolute atomic E-state index is 0.158. The van der Waals surface area contributed by atoms with Gasteiger partial charge in [0.25, 0.3) is 0 Å². The fourth-order valence-corrected chi connectivity index (χ4v) is 6.72. The second-order valence-electron chi connectivity index (χ2n) is 15.5. The zero-order chi connectivity index (χ0) is 42.5. The summed E-state index contributed by atoms with van der Waals surface area (Å²) in [6.45, 7) is 2.46. The summed E-state index contributed by atoms with van der Waals surface area (Å²) >= 11 is 0. The quantitative estimate of drug-likeness (QED) is 0.0288. The van der Waals surface area contributed by atoms with Gasteiger partial charge in [-0.3, -0.25) is 9.59 Å². The molecule has 4 unspecified atom stereocenters. The van der Waals surface area contributed by atoms with Gasteiger partial charge in [0.1, 0.15) is 55.4 Å². The third-order valence-electron chi connectivity index (χ3n) is 10.4. The Balaban J connectivity index is 1.85. The predicted octanol–water partition coefficient (Wildman–Crippen LogP) is 4.04. The van der Waals surface area contributed by atoms with Crippen molar-refractivity contribution >= 4 is 11.9 Å². The fourth-order valence-electron chi connectivity index (χ4n) is 6.72. The molecule has 0 aromatic rings. The van der Waals surface area contributed by atoms with E-state index in [0.717, 1.165) is 57.8 Å². The van der Waals surface area contributed by atoms with Crippen LogP contribution in [0.4, 0.5) is 0 Å². The molecule has 2 rings (SSSR count). The summed E-state index contributed by atoms with van der Waals surface area (Å²) in [5.41, 5.74) is 0. The van der Waals surface area contributed by atoms with E-state index in [1.54, 1.807) is 0 Å². The topological polar surface area (TPSA) is 231 Å². The van der Waals surface area contributed by atoms with Gasteiger partial charge in [-0.15, -0.1) is 0 Å². The molecule has 2 saturated heterocycles. The number of esters is 2. The summed E-state index contributed by atoms with van der Waals surface area (Å²) in [6.07, 6.45) is 11.2. The highest BCUT2D eigenvalue weighted by Crippen LogP contribution is 2.26. The second kappa shape index (κ2) is 31.8. The van der Waals surface area contributed by atoms with Crippen LogP contribution in [0.3, 0.4) is 0 Å². The number of hydrogen-bond acceptors (Lipinski definition) is 15. The summed E-state index contributed by atoms with van der Waals surface area (Å²) in [7, 11) is 0. The third kappa shape index (κ3) is 21.0. The molecule has 0 saturated carbocycles. The summed E-state index contributed by atoms with van der Waals surface area (Å²) in [4.78, 5) is 25.4. The van der Waals surface area contributed by atoms with Crippen LogP contribution in [0.2, 0.25) is 0 Å². The van der Waals surface area contributed by atoms with Crippen LogP contribution in [0.5, 0.6) is 0 Å². The monoisotopic (exact) mass is 833 g/mol. The number of aliphatic hydroxyl groups excluding tert-OH is 7. The van der Waals surface area contributed by atoms with Crippen LogP contribution >= 0.6 is 0 Å². The Morgan fingerprint density at radius 3 is 1.64 bits per heavy atom. The smallest absolute Gasteiger partial charge is 0.306 e. The first-order valence-corrected chi connectivity index (χ1v) is 21.9. The van der Waals surface area contributed by atoms with E-state index in [1.807, 2.05) is 0 Å². The lowest BCUT2D eigenvalue weighted by atomic mass is 9.98. The predicted molar refractivity (Wildman–Crippen MR) is 215 cm³/mol. The second-order valence-corrected chi connectivity index (χ2v) is 15.5. The van der Waals surface area contributed by atoms with Gasteiger partial charge in [0.05, 0.1) is 19.8 Å². The van der Waals surface area contributed by atoms with Crippen molar-refractivity contribution in [2.45, 2.75) is 210 Å². The molecule has 338 valence electrons. The van der Waals surface area contributed by atoms with Crippen LogP contribution in [-0.4, -0.2) is 142 Å². The molecule has 15 heteroatoms. The van der Waals surface area contributed by atoms with Gasteiger partial charge in [-0.2, -0.15) is 0 Å². The number of allylic oxidation sites excluding steroid dienone is 4. The van der Waals surface area contributed by atoms with Crippen molar-refractivity contribution in [3.05, 3.63) is 24.3 Å². The number of carbonyl (C=O) groups is 2. The third-order valence-corrected chi connectivity index (χ3v) is 10.4. The first-order valence-electron chi connectivity index (χ1n) is 21.9. The van der Waals surface area contributed by atoms with E-state index in [2.05, 4.69) is 38.2 Å². The van der Waals surface area contributed by atoms with Crippen molar-refractivity contribution < 1.29 is 73.8 Å². The number of hydrogen-bond donors (Lipinski definition) is 7. The molecule has 0 bridgehead atoms. The molecule has 58 heavy (non-hydrogen) atoms. The largest absolute Gasteiger partial charge is 0.462 e. The Bertz CT molecular complexity index is 1120. The number of aliphatic hydroxyl groups is 7. The Morgan fingerprint density at radius 1 is 0.552 bits per heavy atom. The van der Waals surface area contributed by atoms with Gasteiger partial charge in [-0.05, 0) is 44.9 Å². The molecule has 2 aliphatic heterocycles. The summed E-state index contributed by atoms with van der Waals surface area (Å²) in [5.74, 6) is -0.971. The molecular formula is C43H76O15. The average molecular weight is 833 g/mol. The number of carbonyl (C=O) groups excluding carboxylic acids is 2. The van der Waals surface area contributed by atoms with Crippen LogP contribution in [0, 0.1) is 0 Å². The van der Waals surface area contributed by atoms with Gasteiger partial charge in [-0.1, -0.05) is 109 Å². The standard InChI is InChI=1S/C43H76O15/c1-3-5-7-9-11-12-13-14-15-16-17-18-20-21-23-25-34(45)53-28-31(56-35(46)26-24-22-19-10-8-6-4-2)29-54-42-41(52)39(50)37(48)33(58-42)30-55-43-40(51)38(49)36(47)32(27-44)57-43/h14-15,17-18,31-33,36-44,47-52H,3-13,16,19-30H2,1-2H3/b15-14+,18-17+/t31-,32-,33-,36+,37+,38?,39?,40?,41?,42-,43-/m1/s1. The molecule has 2 fully saturated rings. The number of rotatable bonds is 32. The lowest BCUT2D eigenvalue weighted by Crippen LogP contribution is -2.61. The van der Waals surface area contributed by atoms with Gasteiger partial charge < -0.3 is 64.2 Å². The first kappa shape index (κ1) is 52.1. The highest BCUT2D eigenvalue weighted by molar-refractivity contribution is 5.70. The van der Waals surface area contributed by atoms with Gasteiger partial charge in [-0.25, -0.2) is 0 Å². The van der Waals surface area contributed by atoms with Gasteiger partial charge in [0.15, 0.2) is 18.7 Å². The maximum atomic E-state index is 12.8. The molecule has 7 N–H and O–H groups in total. The number of unbranched alkanes of at least 4 members (excludes halogenated alkanes) is 14. The molecule has 2 heterocycles.